The lowest BCUT2D eigenvalue weighted by Crippen LogP contribution is -2.13. The number of halogens is 1. The zero-order valence-electron chi connectivity index (χ0n) is 10.5. The van der Waals surface area contributed by atoms with Crippen LogP contribution in [0, 0.1) is 0 Å². The molecule has 0 spiro atoms. The average Bonchev–Trinajstić information content (AvgIpc) is 2.84. The topological polar surface area (TPSA) is 59.3 Å². The van der Waals surface area contributed by atoms with E-state index >= 15 is 0 Å². The van der Waals surface area contributed by atoms with E-state index in [1.54, 1.807) is 16.6 Å². The Balaban J connectivity index is 2.22. The van der Waals surface area contributed by atoms with Crippen LogP contribution in [0.5, 0.6) is 0 Å². The van der Waals surface area contributed by atoms with E-state index in [2.05, 4.69) is 15.4 Å². The highest BCUT2D eigenvalue weighted by Crippen LogP contribution is 2.24. The van der Waals surface area contributed by atoms with Crippen LogP contribution in [0.1, 0.15) is 5.69 Å². The van der Waals surface area contributed by atoms with Crippen LogP contribution in [0.3, 0.4) is 0 Å². The van der Waals surface area contributed by atoms with Crippen LogP contribution in [0.25, 0.3) is 16.9 Å². The summed E-state index contributed by atoms with van der Waals surface area (Å²) in [6.07, 6.45) is 0.652. The van der Waals surface area contributed by atoms with Crippen molar-refractivity contribution in [3.63, 3.8) is 0 Å². The molecule has 0 unspecified atom stereocenters. The van der Waals surface area contributed by atoms with Gasteiger partial charge in [0.2, 0.25) is 6.41 Å². The first-order valence-corrected chi connectivity index (χ1v) is 6.44. The van der Waals surface area contributed by atoms with Crippen LogP contribution in [0.15, 0.2) is 42.5 Å². The molecule has 0 fully saturated rings. The third-order valence-corrected chi connectivity index (χ3v) is 3.14. The van der Waals surface area contributed by atoms with Crippen LogP contribution >= 0.6 is 11.6 Å². The first-order chi connectivity index (χ1) is 9.79. The average molecular weight is 287 g/mol. The third-order valence-electron chi connectivity index (χ3n) is 2.94. The second kappa shape index (κ2) is 5.30. The van der Waals surface area contributed by atoms with E-state index in [4.69, 9.17) is 11.6 Å². The van der Waals surface area contributed by atoms with E-state index in [-0.39, 0.29) is 0 Å². The summed E-state index contributed by atoms with van der Waals surface area (Å²) in [5, 5.41) is 7.26. The summed E-state index contributed by atoms with van der Waals surface area (Å²) in [5.74, 6) is 0. The fourth-order valence-corrected chi connectivity index (χ4v) is 2.22. The molecule has 1 aromatic carbocycles. The highest BCUT2D eigenvalue weighted by molar-refractivity contribution is 6.29. The summed E-state index contributed by atoms with van der Waals surface area (Å²) in [7, 11) is 0. The minimum Gasteiger partial charge on any atom is -0.353 e. The number of benzene rings is 1. The molecule has 3 aromatic rings. The molecule has 2 aromatic heterocycles. The van der Waals surface area contributed by atoms with Crippen molar-refractivity contribution >= 4 is 23.7 Å². The van der Waals surface area contributed by atoms with Crippen LogP contribution in [-0.4, -0.2) is 21.0 Å². The Morgan fingerprint density at radius 2 is 2.00 bits per heavy atom. The van der Waals surface area contributed by atoms with Gasteiger partial charge < -0.3 is 5.32 Å². The quantitative estimate of drug-likeness (QED) is 0.749. The SMILES string of the molecule is O=CNCc1c(-c2ccccc2)nc2ccc(Cl)nn12. The zero-order chi connectivity index (χ0) is 13.9. The number of nitrogens with zero attached hydrogens (tertiary/aromatic N) is 3. The molecule has 0 aliphatic carbocycles. The van der Waals surface area contributed by atoms with Gasteiger partial charge >= 0.3 is 0 Å². The normalized spacial score (nSPS) is 10.7. The number of amides is 1. The highest BCUT2D eigenvalue weighted by atomic mass is 35.5. The van der Waals surface area contributed by atoms with Gasteiger partial charge in [0, 0.05) is 5.56 Å². The molecular weight excluding hydrogens is 276 g/mol. The van der Waals surface area contributed by atoms with Gasteiger partial charge in [-0.2, -0.15) is 5.10 Å². The Bertz CT molecular complexity index is 754. The minimum absolute atomic E-state index is 0.336. The van der Waals surface area contributed by atoms with Crippen molar-refractivity contribution in [1.82, 2.24) is 19.9 Å². The summed E-state index contributed by atoms with van der Waals surface area (Å²) in [6, 6.07) is 13.2. The van der Waals surface area contributed by atoms with Crippen molar-refractivity contribution in [3.8, 4) is 11.3 Å². The van der Waals surface area contributed by atoms with E-state index in [0.717, 1.165) is 17.0 Å². The molecule has 0 atom stereocenters. The first-order valence-electron chi connectivity index (χ1n) is 6.06. The van der Waals surface area contributed by atoms with Gasteiger partial charge in [-0.05, 0) is 12.1 Å². The maximum absolute atomic E-state index is 10.6. The van der Waals surface area contributed by atoms with E-state index in [1.807, 2.05) is 30.3 Å². The zero-order valence-corrected chi connectivity index (χ0v) is 11.2. The predicted octanol–water partition coefficient (Wildman–Crippen LogP) is 2.30. The molecule has 0 aliphatic rings. The van der Waals surface area contributed by atoms with Crippen molar-refractivity contribution in [3.05, 3.63) is 53.3 Å². The summed E-state index contributed by atoms with van der Waals surface area (Å²) >= 11 is 5.93. The number of nitrogens with one attached hydrogen (secondary N) is 1. The standard InChI is InChI=1S/C14H11ClN4O/c15-12-6-7-13-17-14(10-4-2-1-3-5-10)11(8-16-9-20)19(13)18-12/h1-7,9H,8H2,(H,16,20). The molecular formula is C14H11ClN4O. The maximum Gasteiger partial charge on any atom is 0.207 e. The monoisotopic (exact) mass is 286 g/mol. The maximum atomic E-state index is 10.6. The number of aromatic nitrogens is 3. The van der Waals surface area contributed by atoms with Crippen molar-refractivity contribution in [2.24, 2.45) is 0 Å². The van der Waals surface area contributed by atoms with Crippen LogP contribution < -0.4 is 5.32 Å². The van der Waals surface area contributed by atoms with E-state index in [1.165, 1.54) is 0 Å². The Labute approximate surface area is 120 Å². The molecule has 100 valence electrons. The number of rotatable bonds is 4. The smallest absolute Gasteiger partial charge is 0.207 e. The lowest BCUT2D eigenvalue weighted by atomic mass is 10.1. The fraction of sp³-hybridized carbons (Fsp3) is 0.0714. The van der Waals surface area contributed by atoms with E-state index < -0.39 is 0 Å². The third kappa shape index (κ3) is 2.23. The highest BCUT2D eigenvalue weighted by Gasteiger charge is 2.14. The molecule has 2 heterocycles. The molecule has 6 heteroatoms. The van der Waals surface area contributed by atoms with Gasteiger partial charge in [0.1, 0.15) is 5.15 Å². The van der Waals surface area contributed by atoms with Gasteiger partial charge in [-0.3, -0.25) is 4.79 Å². The fourth-order valence-electron chi connectivity index (χ4n) is 2.08. The minimum atomic E-state index is 0.336. The Morgan fingerprint density at radius 3 is 2.75 bits per heavy atom. The van der Waals surface area contributed by atoms with Crippen molar-refractivity contribution in [1.29, 1.82) is 0 Å². The number of imidazole rings is 1. The van der Waals surface area contributed by atoms with Crippen molar-refractivity contribution < 1.29 is 4.79 Å². The van der Waals surface area contributed by atoms with Gasteiger partial charge in [-0.1, -0.05) is 41.9 Å². The largest absolute Gasteiger partial charge is 0.353 e. The van der Waals surface area contributed by atoms with E-state index in [0.29, 0.717) is 23.8 Å². The number of carbonyl (C=O) groups excluding carboxylic acids is 1. The second-order valence-corrected chi connectivity index (χ2v) is 4.59. The molecule has 0 saturated carbocycles. The van der Waals surface area contributed by atoms with Crippen molar-refractivity contribution in [2.75, 3.05) is 0 Å². The first kappa shape index (κ1) is 12.6. The van der Waals surface area contributed by atoms with Gasteiger partial charge in [0.15, 0.2) is 5.65 Å². The van der Waals surface area contributed by atoms with Gasteiger partial charge in [-0.25, -0.2) is 9.50 Å². The second-order valence-electron chi connectivity index (χ2n) is 4.20. The number of carbonyl (C=O) groups is 1. The molecule has 20 heavy (non-hydrogen) atoms. The number of hydrogen-bond donors (Lipinski definition) is 1. The van der Waals surface area contributed by atoms with Gasteiger partial charge in [0.05, 0.1) is 17.9 Å². The van der Waals surface area contributed by atoms with Crippen LogP contribution in [0.2, 0.25) is 5.15 Å². The lowest BCUT2D eigenvalue weighted by molar-refractivity contribution is -0.109. The molecule has 1 N–H and O–H groups in total. The summed E-state index contributed by atoms with van der Waals surface area (Å²) in [5.41, 5.74) is 3.24. The summed E-state index contributed by atoms with van der Waals surface area (Å²) in [4.78, 5) is 15.1. The predicted molar refractivity (Wildman–Crippen MR) is 76.3 cm³/mol. The van der Waals surface area contributed by atoms with Gasteiger partial charge in [-0.15, -0.1) is 0 Å². The van der Waals surface area contributed by atoms with E-state index in [9.17, 15) is 4.79 Å². The van der Waals surface area contributed by atoms with Crippen LogP contribution in [-0.2, 0) is 11.3 Å². The Hall–Kier alpha value is -2.40. The summed E-state index contributed by atoms with van der Waals surface area (Å²) < 4.78 is 1.65. The Kier molecular flexibility index (Phi) is 3.35. The molecule has 0 saturated heterocycles. The van der Waals surface area contributed by atoms with Crippen molar-refractivity contribution in [2.45, 2.75) is 6.54 Å². The summed E-state index contributed by atoms with van der Waals surface area (Å²) in [6.45, 7) is 0.336. The number of fused-ring (bicyclic) bond motifs is 1. The molecule has 0 aliphatic heterocycles. The van der Waals surface area contributed by atoms with Gasteiger partial charge in [0.25, 0.3) is 0 Å². The Morgan fingerprint density at radius 1 is 1.20 bits per heavy atom. The number of hydrogen-bond acceptors (Lipinski definition) is 3. The molecule has 1 amide bonds. The molecule has 0 bridgehead atoms. The lowest BCUT2D eigenvalue weighted by Gasteiger charge is -2.03. The molecule has 5 nitrogen and oxygen atoms in total. The van der Waals surface area contributed by atoms with Crippen LogP contribution in [0.4, 0.5) is 0 Å². The molecule has 0 radical (unpaired) electrons. The molecule has 3 rings (SSSR count).